The van der Waals surface area contributed by atoms with Gasteiger partial charge in [0.25, 0.3) is 0 Å². The van der Waals surface area contributed by atoms with Crippen LogP contribution in [0.3, 0.4) is 0 Å². The van der Waals surface area contributed by atoms with E-state index in [4.69, 9.17) is 4.74 Å². The van der Waals surface area contributed by atoms with Crippen LogP contribution in [0.25, 0.3) is 0 Å². The lowest BCUT2D eigenvalue weighted by molar-refractivity contribution is 0.0740. The van der Waals surface area contributed by atoms with Crippen LogP contribution in [-0.2, 0) is 4.74 Å². The topological polar surface area (TPSA) is 29.5 Å². The number of nitrogens with zero attached hydrogens (tertiary/aromatic N) is 1. The fourth-order valence-electron chi connectivity index (χ4n) is 2.17. The first kappa shape index (κ1) is 13.7. The first-order chi connectivity index (χ1) is 8.65. The normalized spacial score (nSPS) is 19.4. The quantitative estimate of drug-likeness (QED) is 0.783. The van der Waals surface area contributed by atoms with E-state index in [9.17, 15) is 4.79 Å². The zero-order valence-corrected chi connectivity index (χ0v) is 12.1. The summed E-state index contributed by atoms with van der Waals surface area (Å²) in [5.41, 5.74) is 0.761. The van der Waals surface area contributed by atoms with E-state index >= 15 is 0 Å². The number of likely N-dealkylation sites (N-methyl/N-ethyl adjacent to an activating group) is 1. The van der Waals surface area contributed by atoms with Crippen molar-refractivity contribution in [3.63, 3.8) is 0 Å². The number of hydrogen-bond donors (Lipinski definition) is 0. The van der Waals surface area contributed by atoms with Gasteiger partial charge in [0.2, 0.25) is 0 Å². The smallest absolute Gasteiger partial charge is 0.176 e. The molecule has 0 radical (unpaired) electrons. The molecule has 98 valence electrons. The minimum atomic E-state index is 0.156. The van der Waals surface area contributed by atoms with E-state index in [-0.39, 0.29) is 5.78 Å². The summed E-state index contributed by atoms with van der Waals surface area (Å²) in [6.07, 6.45) is 2.54. The lowest BCUT2D eigenvalue weighted by atomic mass is 10.1. The lowest BCUT2D eigenvalue weighted by Gasteiger charge is -2.19. The van der Waals surface area contributed by atoms with Crippen molar-refractivity contribution in [2.45, 2.75) is 18.9 Å². The molecule has 1 unspecified atom stereocenters. The number of Topliss-reactive ketones (excluding diaryl/α,β-unsaturated/α-hetero) is 1. The van der Waals surface area contributed by atoms with Gasteiger partial charge in [0.15, 0.2) is 5.78 Å². The van der Waals surface area contributed by atoms with Crippen molar-refractivity contribution in [1.82, 2.24) is 4.90 Å². The van der Waals surface area contributed by atoms with Crippen LogP contribution in [0.2, 0.25) is 0 Å². The standard InChI is InChI=1S/C14H18BrNO2/c1-16(9-13-3-2-8-18-13)10-14(17)11-4-6-12(15)7-5-11/h4-7,13H,2-3,8-10H2,1H3. The second-order valence-corrected chi connectivity index (χ2v) is 5.68. The van der Waals surface area contributed by atoms with Crippen molar-refractivity contribution < 1.29 is 9.53 Å². The molecule has 1 atom stereocenters. The molecule has 0 N–H and O–H groups in total. The van der Waals surface area contributed by atoms with Gasteiger partial charge in [-0.25, -0.2) is 0 Å². The van der Waals surface area contributed by atoms with Gasteiger partial charge in [0.1, 0.15) is 0 Å². The van der Waals surface area contributed by atoms with E-state index < -0.39 is 0 Å². The molecule has 0 aromatic heterocycles. The average molecular weight is 312 g/mol. The largest absolute Gasteiger partial charge is 0.377 e. The van der Waals surface area contributed by atoms with Gasteiger partial charge >= 0.3 is 0 Å². The summed E-state index contributed by atoms with van der Waals surface area (Å²) in [5, 5.41) is 0. The van der Waals surface area contributed by atoms with Crippen molar-refractivity contribution in [2.24, 2.45) is 0 Å². The lowest BCUT2D eigenvalue weighted by Crippen LogP contribution is -2.33. The third kappa shape index (κ3) is 3.90. The molecule has 0 aliphatic carbocycles. The van der Waals surface area contributed by atoms with Crippen molar-refractivity contribution in [2.75, 3.05) is 26.7 Å². The summed E-state index contributed by atoms with van der Waals surface area (Å²) < 4.78 is 6.56. The first-order valence-electron chi connectivity index (χ1n) is 6.24. The summed E-state index contributed by atoms with van der Waals surface area (Å²) in [4.78, 5) is 14.1. The molecule has 1 aromatic rings. The molecule has 4 heteroatoms. The Hall–Kier alpha value is -0.710. The summed E-state index contributed by atoms with van der Waals surface area (Å²) in [5.74, 6) is 0.156. The molecule has 3 nitrogen and oxygen atoms in total. The highest BCUT2D eigenvalue weighted by Crippen LogP contribution is 2.14. The molecule has 1 aliphatic heterocycles. The van der Waals surface area contributed by atoms with Gasteiger partial charge in [0, 0.05) is 23.2 Å². The predicted molar refractivity (Wildman–Crippen MR) is 74.9 cm³/mol. The first-order valence-corrected chi connectivity index (χ1v) is 7.03. The minimum absolute atomic E-state index is 0.156. The summed E-state index contributed by atoms with van der Waals surface area (Å²) in [6, 6.07) is 7.50. The number of carbonyl (C=O) groups is 1. The minimum Gasteiger partial charge on any atom is -0.377 e. The summed E-state index contributed by atoms with van der Waals surface area (Å²) >= 11 is 3.37. The van der Waals surface area contributed by atoms with E-state index in [1.807, 2.05) is 36.2 Å². The molecular formula is C14H18BrNO2. The van der Waals surface area contributed by atoms with Crippen LogP contribution in [0.1, 0.15) is 23.2 Å². The number of ketones is 1. The highest BCUT2D eigenvalue weighted by Gasteiger charge is 2.18. The van der Waals surface area contributed by atoms with Crippen LogP contribution < -0.4 is 0 Å². The average Bonchev–Trinajstić information content (AvgIpc) is 2.82. The van der Waals surface area contributed by atoms with Crippen LogP contribution >= 0.6 is 15.9 Å². The van der Waals surface area contributed by atoms with Gasteiger partial charge in [-0.05, 0) is 32.0 Å². The molecule has 1 aromatic carbocycles. The van der Waals surface area contributed by atoms with Gasteiger partial charge < -0.3 is 4.74 Å². The number of ether oxygens (including phenoxy) is 1. The maximum absolute atomic E-state index is 12.0. The number of hydrogen-bond acceptors (Lipinski definition) is 3. The van der Waals surface area contributed by atoms with Crippen LogP contribution in [0.5, 0.6) is 0 Å². The molecule has 0 bridgehead atoms. The number of rotatable bonds is 5. The highest BCUT2D eigenvalue weighted by molar-refractivity contribution is 9.10. The van der Waals surface area contributed by atoms with Gasteiger partial charge in [0.05, 0.1) is 12.6 Å². The van der Waals surface area contributed by atoms with Crippen molar-refractivity contribution in [3.05, 3.63) is 34.3 Å². The van der Waals surface area contributed by atoms with Gasteiger partial charge in [-0.2, -0.15) is 0 Å². The van der Waals surface area contributed by atoms with Crippen LogP contribution in [0, 0.1) is 0 Å². The van der Waals surface area contributed by atoms with Crippen LogP contribution in [-0.4, -0.2) is 43.5 Å². The summed E-state index contributed by atoms with van der Waals surface area (Å²) in [6.45, 7) is 2.14. The van der Waals surface area contributed by atoms with E-state index in [2.05, 4.69) is 15.9 Å². The molecule has 0 amide bonds. The van der Waals surface area contributed by atoms with E-state index in [1.54, 1.807) is 0 Å². The zero-order valence-electron chi connectivity index (χ0n) is 10.6. The number of halogens is 1. The third-order valence-electron chi connectivity index (χ3n) is 3.12. The SMILES string of the molecule is CN(CC(=O)c1ccc(Br)cc1)CC1CCCO1. The third-order valence-corrected chi connectivity index (χ3v) is 3.65. The number of benzene rings is 1. The van der Waals surface area contributed by atoms with E-state index in [0.29, 0.717) is 12.6 Å². The second-order valence-electron chi connectivity index (χ2n) is 4.76. The van der Waals surface area contributed by atoms with Crippen LogP contribution in [0.4, 0.5) is 0 Å². The Morgan fingerprint density at radius 2 is 2.17 bits per heavy atom. The Kier molecular flexibility index (Phi) is 4.92. The van der Waals surface area contributed by atoms with E-state index in [1.165, 1.54) is 0 Å². The molecule has 2 rings (SSSR count). The Labute approximate surface area is 116 Å². The molecule has 0 saturated carbocycles. The second kappa shape index (κ2) is 6.45. The molecule has 1 saturated heterocycles. The van der Waals surface area contributed by atoms with Gasteiger partial charge in [-0.1, -0.05) is 28.1 Å². The molecule has 18 heavy (non-hydrogen) atoms. The highest BCUT2D eigenvalue weighted by atomic mass is 79.9. The predicted octanol–water partition coefficient (Wildman–Crippen LogP) is 2.74. The molecule has 1 aliphatic rings. The molecule has 0 spiro atoms. The Morgan fingerprint density at radius 1 is 1.44 bits per heavy atom. The monoisotopic (exact) mass is 311 g/mol. The van der Waals surface area contributed by atoms with Crippen molar-refractivity contribution in [1.29, 1.82) is 0 Å². The van der Waals surface area contributed by atoms with E-state index in [0.717, 1.165) is 36.0 Å². The zero-order chi connectivity index (χ0) is 13.0. The van der Waals surface area contributed by atoms with Gasteiger partial charge in [-0.3, -0.25) is 9.69 Å². The maximum Gasteiger partial charge on any atom is 0.176 e. The summed E-state index contributed by atoms with van der Waals surface area (Å²) in [7, 11) is 1.97. The fourth-order valence-corrected chi connectivity index (χ4v) is 2.44. The van der Waals surface area contributed by atoms with Crippen LogP contribution in [0.15, 0.2) is 28.7 Å². The fraction of sp³-hybridized carbons (Fsp3) is 0.500. The molecule has 1 fully saturated rings. The van der Waals surface area contributed by atoms with Gasteiger partial charge in [-0.15, -0.1) is 0 Å². The Balaban J connectivity index is 1.84. The molecule has 1 heterocycles. The Bertz CT molecular complexity index is 399. The molecular weight excluding hydrogens is 294 g/mol. The maximum atomic E-state index is 12.0. The van der Waals surface area contributed by atoms with Crippen molar-refractivity contribution >= 4 is 21.7 Å². The van der Waals surface area contributed by atoms with Crippen molar-refractivity contribution in [3.8, 4) is 0 Å². The number of carbonyl (C=O) groups excluding carboxylic acids is 1. The Morgan fingerprint density at radius 3 is 2.78 bits per heavy atom.